The molecule has 0 amide bonds. The summed E-state index contributed by atoms with van der Waals surface area (Å²) in [6.07, 6.45) is 3.84. The minimum Gasteiger partial charge on any atom is -0.320 e. The summed E-state index contributed by atoms with van der Waals surface area (Å²) in [7, 11) is 4.23. The fourth-order valence-corrected chi connectivity index (χ4v) is 2.02. The third-order valence-electron chi connectivity index (χ3n) is 3.07. The summed E-state index contributed by atoms with van der Waals surface area (Å²) in [4.78, 5) is 2.41. The molecule has 0 saturated carbocycles. The van der Waals surface area contributed by atoms with Gasteiger partial charge in [-0.05, 0) is 59.9 Å². The molecule has 1 aliphatic rings. The van der Waals surface area contributed by atoms with E-state index in [0.717, 1.165) is 12.6 Å². The Hall–Kier alpha value is -0.120. The van der Waals surface area contributed by atoms with Gasteiger partial charge < -0.3 is 15.5 Å². The van der Waals surface area contributed by atoms with Gasteiger partial charge in [0.2, 0.25) is 0 Å². The van der Waals surface area contributed by atoms with Gasteiger partial charge in [0.1, 0.15) is 0 Å². The lowest BCUT2D eigenvalue weighted by Crippen LogP contribution is -2.44. The second-order valence-electron chi connectivity index (χ2n) is 4.54. The van der Waals surface area contributed by atoms with Gasteiger partial charge in [-0.15, -0.1) is 0 Å². The highest BCUT2D eigenvalue weighted by atomic mass is 15.1. The lowest BCUT2D eigenvalue weighted by atomic mass is 10.0. The maximum absolute atomic E-state index is 3.71. The van der Waals surface area contributed by atoms with Crippen LogP contribution in [0.5, 0.6) is 0 Å². The minimum absolute atomic E-state index is 0.649. The zero-order valence-electron chi connectivity index (χ0n) is 11.8. The van der Waals surface area contributed by atoms with E-state index in [1.165, 1.54) is 32.4 Å². The van der Waals surface area contributed by atoms with Crippen LogP contribution in [0.3, 0.4) is 0 Å². The van der Waals surface area contributed by atoms with Crippen LogP contribution in [0.15, 0.2) is 0 Å². The standard InChI is InChI=1S/C11H25N3.C2H6/c1-10(4-7-12-2)13-11-5-8-14(3)9-6-11;1-2/h10-13H,4-9H2,1-3H3;1-2H3. The van der Waals surface area contributed by atoms with Crippen LogP contribution in [0.2, 0.25) is 0 Å². The highest BCUT2D eigenvalue weighted by Crippen LogP contribution is 2.09. The number of hydrogen-bond donors (Lipinski definition) is 2. The van der Waals surface area contributed by atoms with Gasteiger partial charge in [-0.2, -0.15) is 0 Å². The van der Waals surface area contributed by atoms with E-state index in [1.807, 2.05) is 20.9 Å². The van der Waals surface area contributed by atoms with Crippen molar-refractivity contribution in [2.45, 2.75) is 52.1 Å². The lowest BCUT2D eigenvalue weighted by Gasteiger charge is -2.31. The molecule has 0 aromatic heterocycles. The Bertz CT molecular complexity index is 142. The molecular weight excluding hydrogens is 198 g/mol. The summed E-state index contributed by atoms with van der Waals surface area (Å²) in [5, 5.41) is 6.90. The Morgan fingerprint density at radius 3 is 2.31 bits per heavy atom. The number of nitrogens with zero attached hydrogens (tertiary/aromatic N) is 1. The van der Waals surface area contributed by atoms with Gasteiger partial charge in [-0.3, -0.25) is 0 Å². The molecule has 2 N–H and O–H groups in total. The summed E-state index contributed by atoms with van der Waals surface area (Å²) in [5.74, 6) is 0. The van der Waals surface area contributed by atoms with Crippen molar-refractivity contribution in [1.82, 2.24) is 15.5 Å². The van der Waals surface area contributed by atoms with Crippen LogP contribution < -0.4 is 10.6 Å². The monoisotopic (exact) mass is 229 g/mol. The predicted octanol–water partition coefficient (Wildman–Crippen LogP) is 1.69. The van der Waals surface area contributed by atoms with Crippen molar-refractivity contribution < 1.29 is 0 Å². The molecule has 3 nitrogen and oxygen atoms in total. The van der Waals surface area contributed by atoms with E-state index in [0.29, 0.717) is 6.04 Å². The first kappa shape index (κ1) is 15.9. The van der Waals surface area contributed by atoms with Gasteiger partial charge in [0.25, 0.3) is 0 Å². The van der Waals surface area contributed by atoms with Gasteiger partial charge in [0, 0.05) is 12.1 Å². The average molecular weight is 229 g/mol. The second-order valence-corrected chi connectivity index (χ2v) is 4.54. The highest BCUT2D eigenvalue weighted by Gasteiger charge is 2.17. The second kappa shape index (κ2) is 10.1. The zero-order valence-corrected chi connectivity index (χ0v) is 11.8. The normalized spacial score (nSPS) is 20.1. The van der Waals surface area contributed by atoms with Gasteiger partial charge >= 0.3 is 0 Å². The van der Waals surface area contributed by atoms with Gasteiger partial charge in [-0.1, -0.05) is 13.8 Å². The number of nitrogens with one attached hydrogen (secondary N) is 2. The van der Waals surface area contributed by atoms with Crippen LogP contribution >= 0.6 is 0 Å². The molecule has 1 unspecified atom stereocenters. The topological polar surface area (TPSA) is 27.3 Å². The van der Waals surface area contributed by atoms with E-state index < -0.39 is 0 Å². The summed E-state index contributed by atoms with van der Waals surface area (Å²) in [5.41, 5.74) is 0. The Labute approximate surface area is 102 Å². The van der Waals surface area contributed by atoms with Crippen molar-refractivity contribution in [1.29, 1.82) is 0 Å². The van der Waals surface area contributed by atoms with Crippen LogP contribution in [0.1, 0.15) is 40.0 Å². The van der Waals surface area contributed by atoms with Crippen LogP contribution in [0.4, 0.5) is 0 Å². The molecule has 98 valence electrons. The largest absolute Gasteiger partial charge is 0.320 e. The van der Waals surface area contributed by atoms with Crippen LogP contribution in [0, 0.1) is 0 Å². The smallest absolute Gasteiger partial charge is 0.00938 e. The fourth-order valence-electron chi connectivity index (χ4n) is 2.02. The number of likely N-dealkylation sites (tertiary alicyclic amines) is 1. The fraction of sp³-hybridized carbons (Fsp3) is 1.00. The maximum Gasteiger partial charge on any atom is 0.00938 e. The Balaban J connectivity index is 0.00000106. The van der Waals surface area contributed by atoms with Crippen LogP contribution in [-0.2, 0) is 0 Å². The van der Waals surface area contributed by atoms with Crippen molar-refractivity contribution in [2.75, 3.05) is 33.7 Å². The molecule has 0 aromatic rings. The SMILES string of the molecule is CC.CNCCC(C)NC1CCN(C)CC1. The van der Waals surface area contributed by atoms with Crippen molar-refractivity contribution in [3.8, 4) is 0 Å². The first-order valence-electron chi connectivity index (χ1n) is 6.81. The predicted molar refractivity (Wildman–Crippen MR) is 73.0 cm³/mol. The summed E-state index contributed by atoms with van der Waals surface area (Å²) < 4.78 is 0. The van der Waals surface area contributed by atoms with Crippen molar-refractivity contribution in [2.24, 2.45) is 0 Å². The Kier molecular flexibility index (Phi) is 9.99. The van der Waals surface area contributed by atoms with Gasteiger partial charge in [0.05, 0.1) is 0 Å². The molecule has 0 bridgehead atoms. The quantitative estimate of drug-likeness (QED) is 0.751. The van der Waals surface area contributed by atoms with E-state index in [-0.39, 0.29) is 0 Å². The number of hydrogen-bond acceptors (Lipinski definition) is 3. The van der Waals surface area contributed by atoms with Crippen molar-refractivity contribution in [3.63, 3.8) is 0 Å². The molecular formula is C13H31N3. The van der Waals surface area contributed by atoms with E-state index >= 15 is 0 Å². The first-order valence-corrected chi connectivity index (χ1v) is 6.81. The minimum atomic E-state index is 0.649. The summed E-state index contributed by atoms with van der Waals surface area (Å²) in [6.45, 7) is 9.89. The number of rotatable bonds is 5. The van der Waals surface area contributed by atoms with Crippen LogP contribution in [0.25, 0.3) is 0 Å². The molecule has 1 saturated heterocycles. The molecule has 16 heavy (non-hydrogen) atoms. The zero-order chi connectivity index (χ0) is 12.4. The molecule has 0 aliphatic carbocycles. The maximum atomic E-state index is 3.71. The third-order valence-corrected chi connectivity index (χ3v) is 3.07. The van der Waals surface area contributed by atoms with Crippen LogP contribution in [-0.4, -0.2) is 50.7 Å². The Morgan fingerprint density at radius 2 is 1.81 bits per heavy atom. The molecule has 0 aromatic carbocycles. The first-order chi connectivity index (χ1) is 7.72. The van der Waals surface area contributed by atoms with Crippen molar-refractivity contribution >= 4 is 0 Å². The van der Waals surface area contributed by atoms with E-state index in [9.17, 15) is 0 Å². The number of piperidine rings is 1. The van der Waals surface area contributed by atoms with Gasteiger partial charge in [-0.25, -0.2) is 0 Å². The lowest BCUT2D eigenvalue weighted by molar-refractivity contribution is 0.224. The molecule has 3 heteroatoms. The average Bonchev–Trinajstić information content (AvgIpc) is 2.32. The van der Waals surface area contributed by atoms with Crippen molar-refractivity contribution in [3.05, 3.63) is 0 Å². The molecule has 1 atom stereocenters. The Morgan fingerprint density at radius 1 is 1.25 bits per heavy atom. The molecule has 1 aliphatic heterocycles. The van der Waals surface area contributed by atoms with Gasteiger partial charge in [0.15, 0.2) is 0 Å². The molecule has 0 spiro atoms. The van der Waals surface area contributed by atoms with E-state index in [4.69, 9.17) is 0 Å². The van der Waals surface area contributed by atoms with E-state index in [2.05, 4.69) is 29.5 Å². The molecule has 1 fully saturated rings. The molecule has 1 rings (SSSR count). The summed E-state index contributed by atoms with van der Waals surface area (Å²) in [6, 6.07) is 1.40. The molecule has 1 heterocycles. The summed E-state index contributed by atoms with van der Waals surface area (Å²) >= 11 is 0. The highest BCUT2D eigenvalue weighted by molar-refractivity contribution is 4.78. The van der Waals surface area contributed by atoms with E-state index in [1.54, 1.807) is 0 Å². The third kappa shape index (κ3) is 7.20. The molecule has 0 radical (unpaired) electrons.